The molecule has 2 fully saturated rings. The van der Waals surface area contributed by atoms with Gasteiger partial charge in [0.2, 0.25) is 0 Å². The van der Waals surface area contributed by atoms with E-state index in [-0.39, 0.29) is 11.9 Å². The summed E-state index contributed by atoms with van der Waals surface area (Å²) in [5.41, 5.74) is 1.84. The molecule has 0 aromatic heterocycles. The van der Waals surface area contributed by atoms with Gasteiger partial charge in [-0.05, 0) is 36.3 Å². The van der Waals surface area contributed by atoms with E-state index in [1.807, 2.05) is 0 Å². The van der Waals surface area contributed by atoms with Crippen LogP contribution in [-0.4, -0.2) is 22.3 Å². The average molecular weight is 370 g/mol. The van der Waals surface area contributed by atoms with Crippen molar-refractivity contribution in [2.45, 2.75) is 90.1 Å². The first kappa shape index (κ1) is 19.9. The number of aryl methyl sites for hydroxylation is 1. The van der Waals surface area contributed by atoms with Crippen molar-refractivity contribution in [1.29, 1.82) is 5.41 Å². The summed E-state index contributed by atoms with van der Waals surface area (Å²) in [4.78, 5) is 15.1. The quantitative estimate of drug-likeness (QED) is 0.676. The number of rotatable bonds is 8. The second kappa shape index (κ2) is 8.90. The van der Waals surface area contributed by atoms with Gasteiger partial charge in [0, 0.05) is 0 Å². The van der Waals surface area contributed by atoms with Crippen LogP contribution in [0.3, 0.4) is 0 Å². The van der Waals surface area contributed by atoms with Crippen molar-refractivity contribution in [1.82, 2.24) is 10.2 Å². The molecule has 2 aliphatic rings. The van der Waals surface area contributed by atoms with Gasteiger partial charge in [-0.1, -0.05) is 83.1 Å². The summed E-state index contributed by atoms with van der Waals surface area (Å²) in [7, 11) is 0. The molecule has 1 aliphatic carbocycles. The summed E-state index contributed by atoms with van der Waals surface area (Å²) in [6, 6.07) is 8.43. The molecule has 27 heavy (non-hydrogen) atoms. The number of benzene rings is 1. The van der Waals surface area contributed by atoms with Crippen LogP contribution in [0.5, 0.6) is 0 Å². The third kappa shape index (κ3) is 4.53. The molecule has 3 rings (SSSR count). The van der Waals surface area contributed by atoms with Gasteiger partial charge in [-0.15, -0.1) is 0 Å². The maximum Gasteiger partial charge on any atom is 0.255 e. The van der Waals surface area contributed by atoms with Gasteiger partial charge < -0.3 is 5.32 Å². The molecule has 1 aromatic rings. The lowest BCUT2D eigenvalue weighted by molar-refractivity contribution is -0.132. The normalized spacial score (nSPS) is 23.7. The Bertz CT molecular complexity index is 648. The summed E-state index contributed by atoms with van der Waals surface area (Å²) in [6.45, 7) is 4.81. The van der Waals surface area contributed by atoms with Gasteiger partial charge in [0.25, 0.3) is 5.91 Å². The smallest absolute Gasteiger partial charge is 0.255 e. The van der Waals surface area contributed by atoms with Crippen LogP contribution in [0.4, 0.5) is 0 Å². The summed E-state index contributed by atoms with van der Waals surface area (Å²) in [5, 5.41) is 11.8. The molecule has 0 radical (unpaired) electrons. The van der Waals surface area contributed by atoms with Gasteiger partial charge >= 0.3 is 0 Å². The fourth-order valence-electron chi connectivity index (χ4n) is 4.69. The fourth-order valence-corrected chi connectivity index (χ4v) is 4.69. The number of nitrogens with zero attached hydrogens (tertiary/aromatic N) is 1. The molecule has 0 bridgehead atoms. The lowest BCUT2D eigenvalue weighted by Gasteiger charge is -2.33. The van der Waals surface area contributed by atoms with Crippen LogP contribution < -0.4 is 5.32 Å². The fraction of sp³-hybridized carbons (Fsp3) is 0.652. The third-order valence-corrected chi connectivity index (χ3v) is 6.37. The zero-order chi connectivity index (χ0) is 19.3. The first-order valence-corrected chi connectivity index (χ1v) is 10.8. The molecule has 1 aromatic carbocycles. The third-order valence-electron chi connectivity index (χ3n) is 6.37. The molecule has 1 heterocycles. The molecule has 1 atom stereocenters. The molecule has 1 unspecified atom stereocenters. The van der Waals surface area contributed by atoms with Gasteiger partial charge in [-0.25, -0.2) is 0 Å². The molecule has 1 aliphatic heterocycles. The summed E-state index contributed by atoms with van der Waals surface area (Å²) in [5.74, 6) is 1.02. The number of carbonyl (C=O) groups is 1. The maximum absolute atomic E-state index is 13.5. The van der Waals surface area contributed by atoms with Gasteiger partial charge in [0.05, 0.1) is 6.54 Å². The Balaban J connectivity index is 1.75. The second-order valence-electron chi connectivity index (χ2n) is 8.43. The average Bonchev–Trinajstić information content (AvgIpc) is 2.92. The number of amides is 1. The summed E-state index contributed by atoms with van der Waals surface area (Å²) >= 11 is 0. The van der Waals surface area contributed by atoms with Crippen LogP contribution in [0.25, 0.3) is 0 Å². The van der Waals surface area contributed by atoms with E-state index in [0.717, 1.165) is 37.7 Å². The molecular formula is C23H35N3O. The highest BCUT2D eigenvalue weighted by atomic mass is 16.2. The number of guanidine groups is 1. The van der Waals surface area contributed by atoms with Crippen molar-refractivity contribution in [3.05, 3.63) is 35.4 Å². The summed E-state index contributed by atoms with van der Waals surface area (Å²) in [6.07, 6.45) is 11.2. The maximum atomic E-state index is 13.5. The zero-order valence-corrected chi connectivity index (χ0v) is 17.0. The SMILES string of the molecule is CCCCC1(CC2CCCCC2)NC(=N)N(Cc2ccc(CC)cc2)C1=O. The largest absolute Gasteiger partial charge is 0.342 e. The number of carbonyl (C=O) groups excluding carboxylic acids is 1. The van der Waals surface area contributed by atoms with Crippen molar-refractivity contribution in [3.8, 4) is 0 Å². The Labute approximate surface area is 164 Å². The molecule has 1 saturated carbocycles. The van der Waals surface area contributed by atoms with Crippen molar-refractivity contribution in [2.24, 2.45) is 5.92 Å². The van der Waals surface area contributed by atoms with Gasteiger partial charge in [0.1, 0.15) is 5.54 Å². The van der Waals surface area contributed by atoms with Crippen LogP contribution >= 0.6 is 0 Å². The molecule has 0 spiro atoms. The predicted molar refractivity (Wildman–Crippen MR) is 111 cm³/mol. The molecule has 4 nitrogen and oxygen atoms in total. The van der Waals surface area contributed by atoms with E-state index in [9.17, 15) is 4.79 Å². The minimum absolute atomic E-state index is 0.117. The monoisotopic (exact) mass is 369 g/mol. The van der Waals surface area contributed by atoms with Crippen LogP contribution in [0.15, 0.2) is 24.3 Å². The Hall–Kier alpha value is -1.84. The zero-order valence-electron chi connectivity index (χ0n) is 17.0. The second-order valence-corrected chi connectivity index (χ2v) is 8.43. The van der Waals surface area contributed by atoms with E-state index in [4.69, 9.17) is 5.41 Å². The molecule has 1 amide bonds. The lowest BCUT2D eigenvalue weighted by Crippen LogP contribution is -2.48. The number of nitrogens with one attached hydrogen (secondary N) is 2. The predicted octanol–water partition coefficient (Wildman–Crippen LogP) is 5.01. The molecule has 4 heteroatoms. The standard InChI is InChI=1S/C23H35N3O/c1-3-5-15-23(16-19-9-7-6-8-10-19)21(27)26(22(24)25-23)17-20-13-11-18(4-2)12-14-20/h11-14,19H,3-10,15-17H2,1-2H3,(H2,24,25). The molecule has 1 saturated heterocycles. The number of hydrogen-bond acceptors (Lipinski definition) is 2. The Kier molecular flexibility index (Phi) is 6.56. The van der Waals surface area contributed by atoms with Crippen LogP contribution in [0.1, 0.15) is 82.8 Å². The molecular weight excluding hydrogens is 334 g/mol. The van der Waals surface area contributed by atoms with E-state index < -0.39 is 5.54 Å². The van der Waals surface area contributed by atoms with E-state index >= 15 is 0 Å². The van der Waals surface area contributed by atoms with Crippen LogP contribution in [0, 0.1) is 11.3 Å². The number of hydrogen-bond donors (Lipinski definition) is 2. The minimum Gasteiger partial charge on any atom is -0.342 e. The first-order chi connectivity index (χ1) is 13.1. The van der Waals surface area contributed by atoms with Crippen molar-refractivity contribution >= 4 is 11.9 Å². The van der Waals surface area contributed by atoms with Crippen molar-refractivity contribution in [3.63, 3.8) is 0 Å². The van der Waals surface area contributed by atoms with E-state index in [2.05, 4.69) is 43.4 Å². The van der Waals surface area contributed by atoms with Gasteiger partial charge in [0.15, 0.2) is 5.96 Å². The number of unbranched alkanes of at least 4 members (excludes halogenated alkanes) is 1. The van der Waals surface area contributed by atoms with Crippen molar-refractivity contribution < 1.29 is 4.79 Å². The highest BCUT2D eigenvalue weighted by molar-refractivity contribution is 6.07. The Morgan fingerprint density at radius 2 is 1.78 bits per heavy atom. The first-order valence-electron chi connectivity index (χ1n) is 10.8. The van der Waals surface area contributed by atoms with E-state index in [0.29, 0.717) is 12.5 Å². The Morgan fingerprint density at radius 1 is 1.11 bits per heavy atom. The molecule has 148 valence electrons. The van der Waals surface area contributed by atoms with E-state index in [1.54, 1.807) is 4.90 Å². The topological polar surface area (TPSA) is 56.2 Å². The van der Waals surface area contributed by atoms with E-state index in [1.165, 1.54) is 37.7 Å². The van der Waals surface area contributed by atoms with Gasteiger partial charge in [-0.3, -0.25) is 15.1 Å². The Morgan fingerprint density at radius 3 is 2.41 bits per heavy atom. The summed E-state index contributed by atoms with van der Waals surface area (Å²) < 4.78 is 0. The minimum atomic E-state index is -0.557. The van der Waals surface area contributed by atoms with Crippen LogP contribution in [0.2, 0.25) is 0 Å². The highest BCUT2D eigenvalue weighted by Gasteiger charge is 2.49. The van der Waals surface area contributed by atoms with Gasteiger partial charge in [-0.2, -0.15) is 0 Å². The lowest BCUT2D eigenvalue weighted by atomic mass is 9.77. The highest BCUT2D eigenvalue weighted by Crippen LogP contribution is 2.36. The van der Waals surface area contributed by atoms with Crippen LogP contribution in [-0.2, 0) is 17.8 Å². The van der Waals surface area contributed by atoms with Crippen molar-refractivity contribution in [2.75, 3.05) is 0 Å². The molecule has 2 N–H and O–H groups in total.